The quantitative estimate of drug-likeness (QED) is 0.275. The van der Waals surface area contributed by atoms with Crippen LogP contribution >= 0.6 is 11.6 Å². The largest absolute Gasteiger partial charge is 0.391 e. The van der Waals surface area contributed by atoms with Crippen LogP contribution in [0.2, 0.25) is 5.02 Å². The van der Waals surface area contributed by atoms with Gasteiger partial charge in [-0.2, -0.15) is 5.10 Å². The Hall–Kier alpha value is -4.12. The first-order chi connectivity index (χ1) is 18.7. The molecule has 11 heteroatoms. The number of benzene rings is 2. The highest BCUT2D eigenvalue weighted by molar-refractivity contribution is 6.34. The van der Waals surface area contributed by atoms with Crippen LogP contribution in [0.4, 0.5) is 10.2 Å². The van der Waals surface area contributed by atoms with E-state index in [-0.39, 0.29) is 34.3 Å². The molecule has 39 heavy (non-hydrogen) atoms. The lowest BCUT2D eigenvalue weighted by molar-refractivity contribution is 0.0899. The SMILES string of the molecule is CN(C)CCC(O)CNC(=O)c1cc(NC(=O)c2cc(-c3ncccc3F)ccc2Cl)n(-c2ccccc2)n1. The number of aliphatic hydroxyl groups excluding tert-OH is 1. The number of amides is 2. The van der Waals surface area contributed by atoms with Gasteiger partial charge in [0.1, 0.15) is 17.3 Å². The summed E-state index contributed by atoms with van der Waals surface area (Å²) in [6.07, 6.45) is 1.24. The summed E-state index contributed by atoms with van der Waals surface area (Å²) in [5.41, 5.74) is 1.21. The second kappa shape index (κ2) is 12.6. The molecule has 2 aromatic heterocycles. The van der Waals surface area contributed by atoms with Gasteiger partial charge in [0.2, 0.25) is 0 Å². The number of carbonyl (C=O) groups is 2. The van der Waals surface area contributed by atoms with Crippen LogP contribution in [0, 0.1) is 5.82 Å². The Bertz CT molecular complexity index is 1460. The Balaban J connectivity index is 1.59. The zero-order valence-corrected chi connectivity index (χ0v) is 22.2. The molecule has 2 amide bonds. The molecule has 3 N–H and O–H groups in total. The summed E-state index contributed by atoms with van der Waals surface area (Å²) >= 11 is 6.32. The molecule has 0 spiro atoms. The third-order valence-electron chi connectivity index (χ3n) is 5.84. The van der Waals surface area contributed by atoms with Crippen molar-refractivity contribution in [2.75, 3.05) is 32.5 Å². The summed E-state index contributed by atoms with van der Waals surface area (Å²) in [6, 6.07) is 17.7. The number of rotatable bonds is 10. The maximum Gasteiger partial charge on any atom is 0.271 e. The second-order valence-electron chi connectivity index (χ2n) is 9.10. The first-order valence-corrected chi connectivity index (χ1v) is 12.6. The molecular weight excluding hydrogens is 523 g/mol. The minimum atomic E-state index is -0.718. The maximum absolute atomic E-state index is 14.3. The molecular formula is C28H28ClFN6O3. The number of para-hydroxylation sites is 1. The van der Waals surface area contributed by atoms with E-state index in [1.807, 2.05) is 25.1 Å². The van der Waals surface area contributed by atoms with E-state index in [2.05, 4.69) is 20.7 Å². The van der Waals surface area contributed by atoms with E-state index >= 15 is 0 Å². The predicted octanol–water partition coefficient (Wildman–Crippen LogP) is 4.02. The van der Waals surface area contributed by atoms with Gasteiger partial charge >= 0.3 is 0 Å². The molecule has 1 atom stereocenters. The van der Waals surface area contributed by atoms with E-state index in [1.54, 1.807) is 30.3 Å². The van der Waals surface area contributed by atoms with Gasteiger partial charge in [-0.3, -0.25) is 14.6 Å². The van der Waals surface area contributed by atoms with Crippen LogP contribution in [0.5, 0.6) is 0 Å². The molecule has 0 fully saturated rings. The Kier molecular flexibility index (Phi) is 9.03. The van der Waals surface area contributed by atoms with Gasteiger partial charge < -0.3 is 20.6 Å². The Morgan fingerprint density at radius 2 is 1.85 bits per heavy atom. The molecule has 0 radical (unpaired) electrons. The third-order valence-corrected chi connectivity index (χ3v) is 6.16. The fraction of sp³-hybridized carbons (Fsp3) is 0.214. The van der Waals surface area contributed by atoms with Gasteiger partial charge in [0.15, 0.2) is 5.69 Å². The van der Waals surface area contributed by atoms with E-state index in [1.165, 1.54) is 41.2 Å². The number of halogens is 2. The van der Waals surface area contributed by atoms with Gasteiger partial charge in [-0.15, -0.1) is 0 Å². The van der Waals surface area contributed by atoms with Crippen LogP contribution in [0.3, 0.4) is 0 Å². The normalized spacial score (nSPS) is 11.8. The Morgan fingerprint density at radius 3 is 2.56 bits per heavy atom. The maximum atomic E-state index is 14.3. The van der Waals surface area contributed by atoms with E-state index in [4.69, 9.17) is 11.6 Å². The van der Waals surface area contributed by atoms with Crippen molar-refractivity contribution < 1.29 is 19.1 Å². The van der Waals surface area contributed by atoms with Crippen LogP contribution in [0.1, 0.15) is 27.3 Å². The highest BCUT2D eigenvalue weighted by Gasteiger charge is 2.20. The number of hydrogen-bond acceptors (Lipinski definition) is 6. The minimum Gasteiger partial charge on any atom is -0.391 e. The molecule has 2 heterocycles. The van der Waals surface area contributed by atoms with Crippen molar-refractivity contribution in [1.29, 1.82) is 0 Å². The fourth-order valence-corrected chi connectivity index (χ4v) is 3.99. The van der Waals surface area contributed by atoms with Crippen LogP contribution in [0.25, 0.3) is 16.9 Å². The highest BCUT2D eigenvalue weighted by atomic mass is 35.5. The molecule has 2 aromatic carbocycles. The Morgan fingerprint density at radius 1 is 1.08 bits per heavy atom. The summed E-state index contributed by atoms with van der Waals surface area (Å²) in [6.45, 7) is 0.728. The van der Waals surface area contributed by atoms with Crippen molar-refractivity contribution in [2.45, 2.75) is 12.5 Å². The topological polar surface area (TPSA) is 112 Å². The average Bonchev–Trinajstić information content (AvgIpc) is 3.35. The number of pyridine rings is 1. The summed E-state index contributed by atoms with van der Waals surface area (Å²) in [5, 5.41) is 20.1. The standard InChI is InChI=1S/C28H28ClFN6O3/c1-35(2)14-12-20(37)17-32-28(39)24-16-25(36(34-24)19-7-4-3-5-8-19)33-27(38)21-15-18(10-11-22(21)29)26-23(30)9-6-13-31-26/h3-11,13,15-16,20,37H,12,14,17H2,1-2H3,(H,32,39)(H,33,38). The number of nitrogens with one attached hydrogen (secondary N) is 2. The minimum absolute atomic E-state index is 0.0457. The molecule has 0 saturated heterocycles. The molecule has 4 aromatic rings. The molecule has 0 bridgehead atoms. The van der Waals surface area contributed by atoms with Crippen molar-refractivity contribution in [1.82, 2.24) is 25.0 Å². The molecule has 4 rings (SSSR count). The zero-order valence-electron chi connectivity index (χ0n) is 21.4. The monoisotopic (exact) mass is 550 g/mol. The van der Waals surface area contributed by atoms with E-state index in [0.29, 0.717) is 24.2 Å². The lowest BCUT2D eigenvalue weighted by Gasteiger charge is -2.14. The lowest BCUT2D eigenvalue weighted by atomic mass is 10.1. The van der Waals surface area contributed by atoms with Crippen LogP contribution in [-0.2, 0) is 0 Å². The second-order valence-corrected chi connectivity index (χ2v) is 9.51. The van der Waals surface area contributed by atoms with Crippen LogP contribution in [-0.4, -0.2) is 69.9 Å². The van der Waals surface area contributed by atoms with Gasteiger partial charge in [0.05, 0.1) is 22.4 Å². The number of hydrogen-bond donors (Lipinski definition) is 3. The number of nitrogens with zero attached hydrogens (tertiary/aromatic N) is 4. The van der Waals surface area contributed by atoms with Gasteiger partial charge in [-0.1, -0.05) is 35.9 Å². The summed E-state index contributed by atoms with van der Waals surface area (Å²) < 4.78 is 15.7. The van der Waals surface area contributed by atoms with Gasteiger partial charge in [0.25, 0.3) is 11.8 Å². The van der Waals surface area contributed by atoms with Gasteiger partial charge in [-0.05, 0) is 56.9 Å². The number of anilines is 1. The number of carbonyl (C=O) groups excluding carboxylic acids is 2. The third kappa shape index (κ3) is 7.05. The van der Waals surface area contributed by atoms with Gasteiger partial charge in [0, 0.05) is 30.9 Å². The molecule has 0 aliphatic rings. The zero-order chi connectivity index (χ0) is 27.9. The number of aromatic nitrogens is 3. The van der Waals surface area contributed by atoms with Gasteiger partial charge in [-0.25, -0.2) is 9.07 Å². The van der Waals surface area contributed by atoms with Crippen LogP contribution < -0.4 is 10.6 Å². The smallest absolute Gasteiger partial charge is 0.271 e. The van der Waals surface area contributed by atoms with Crippen molar-refractivity contribution in [3.05, 3.63) is 95.0 Å². The Labute approximate surface area is 230 Å². The van der Waals surface area contributed by atoms with Crippen LogP contribution in [0.15, 0.2) is 72.9 Å². The van der Waals surface area contributed by atoms with E-state index < -0.39 is 23.7 Å². The average molecular weight is 551 g/mol. The lowest BCUT2D eigenvalue weighted by Crippen LogP contribution is -2.34. The number of aliphatic hydroxyl groups is 1. The molecule has 0 aliphatic heterocycles. The molecule has 0 saturated carbocycles. The van der Waals surface area contributed by atoms with Crippen molar-refractivity contribution in [3.8, 4) is 16.9 Å². The van der Waals surface area contributed by atoms with Crippen molar-refractivity contribution in [2.24, 2.45) is 0 Å². The molecule has 202 valence electrons. The van der Waals surface area contributed by atoms with Crippen molar-refractivity contribution in [3.63, 3.8) is 0 Å². The van der Waals surface area contributed by atoms with Crippen molar-refractivity contribution >= 4 is 29.2 Å². The predicted molar refractivity (Wildman–Crippen MR) is 148 cm³/mol. The van der Waals surface area contributed by atoms with E-state index in [9.17, 15) is 19.1 Å². The molecule has 1 unspecified atom stereocenters. The van der Waals surface area contributed by atoms with E-state index in [0.717, 1.165) is 0 Å². The molecule has 9 nitrogen and oxygen atoms in total. The first-order valence-electron chi connectivity index (χ1n) is 12.2. The fourth-order valence-electron chi connectivity index (χ4n) is 3.79. The first kappa shape index (κ1) is 27.9. The highest BCUT2D eigenvalue weighted by Crippen LogP contribution is 2.27. The summed E-state index contributed by atoms with van der Waals surface area (Å²) in [7, 11) is 3.80. The summed E-state index contributed by atoms with van der Waals surface area (Å²) in [5.74, 6) is -1.40. The summed E-state index contributed by atoms with van der Waals surface area (Å²) in [4.78, 5) is 32.2. The molecule has 0 aliphatic carbocycles.